The largest absolute Gasteiger partial charge is 0.501 e. The number of aryl methyl sites for hydroxylation is 1. The van der Waals surface area contributed by atoms with Gasteiger partial charge in [-0.15, -0.1) is 0 Å². The van der Waals surface area contributed by atoms with Gasteiger partial charge in [-0.1, -0.05) is 12.8 Å². The van der Waals surface area contributed by atoms with Gasteiger partial charge in [-0.2, -0.15) is 0 Å². The van der Waals surface area contributed by atoms with Gasteiger partial charge >= 0.3 is 0 Å². The van der Waals surface area contributed by atoms with Crippen LogP contribution in [0.25, 0.3) is 0 Å². The van der Waals surface area contributed by atoms with E-state index in [0.29, 0.717) is 0 Å². The number of fused-ring (bicyclic) bond motifs is 1. The lowest BCUT2D eigenvalue weighted by Gasteiger charge is -2.24. The lowest BCUT2D eigenvalue weighted by atomic mass is 10.2. The van der Waals surface area contributed by atoms with E-state index in [1.165, 1.54) is 43.4 Å². The fraction of sp³-hybridized carbons (Fsp3) is 0.632. The molecule has 0 N–H and O–H groups in total. The lowest BCUT2D eigenvalue weighted by Crippen LogP contribution is -2.27. The van der Waals surface area contributed by atoms with Crippen molar-refractivity contribution in [1.29, 1.82) is 0 Å². The van der Waals surface area contributed by atoms with Crippen molar-refractivity contribution in [2.75, 3.05) is 32.1 Å². The predicted octanol–water partition coefficient (Wildman–Crippen LogP) is 3.31. The monoisotopic (exact) mass is 328 g/mol. The summed E-state index contributed by atoms with van der Waals surface area (Å²) in [5, 5.41) is 0. The molecule has 130 valence electrons. The van der Waals surface area contributed by atoms with E-state index >= 15 is 0 Å². The van der Waals surface area contributed by atoms with Gasteiger partial charge in [0.1, 0.15) is 11.5 Å². The molecular formula is C19H28N4O. The number of allylic oxidation sites excluding steroid dienone is 2. The molecule has 0 radical (unpaired) electrons. The number of hydrogen-bond acceptors (Lipinski definition) is 5. The van der Waals surface area contributed by atoms with E-state index in [0.717, 1.165) is 49.0 Å². The van der Waals surface area contributed by atoms with Crippen LogP contribution < -0.4 is 4.90 Å². The highest BCUT2D eigenvalue weighted by molar-refractivity contribution is 6.06. The molecule has 1 saturated heterocycles. The van der Waals surface area contributed by atoms with Crippen LogP contribution in [0.3, 0.4) is 0 Å². The summed E-state index contributed by atoms with van der Waals surface area (Å²) >= 11 is 0. The average molecular weight is 328 g/mol. The molecule has 1 aromatic heterocycles. The number of nitrogens with zero attached hydrogens (tertiary/aromatic N) is 4. The van der Waals surface area contributed by atoms with Crippen LogP contribution in [-0.4, -0.2) is 42.9 Å². The van der Waals surface area contributed by atoms with Crippen LogP contribution in [0.2, 0.25) is 0 Å². The zero-order valence-corrected chi connectivity index (χ0v) is 15.1. The maximum absolute atomic E-state index is 5.27. The highest BCUT2D eigenvalue weighted by atomic mass is 16.5. The molecule has 0 spiro atoms. The number of hydrogen-bond donors (Lipinski definition) is 0. The van der Waals surface area contributed by atoms with E-state index in [2.05, 4.69) is 9.89 Å². The van der Waals surface area contributed by atoms with E-state index in [-0.39, 0.29) is 0 Å². The standard InChI is InChI=1S/C19H28N4O/c1-14(24-3)13-17(20-2)18-21-16-10-8-9-15(16)19(22-18)23-11-6-4-5-7-12-23/h13H,4-12H2,1-3H3/b14-13+,20-17?. The molecule has 0 unspecified atom stereocenters. The topological polar surface area (TPSA) is 50.6 Å². The van der Waals surface area contributed by atoms with Crippen molar-refractivity contribution < 1.29 is 4.74 Å². The molecule has 2 aliphatic rings. The first-order chi connectivity index (χ1) is 11.7. The zero-order valence-electron chi connectivity index (χ0n) is 15.1. The molecule has 0 saturated carbocycles. The van der Waals surface area contributed by atoms with E-state index in [4.69, 9.17) is 14.7 Å². The molecule has 0 atom stereocenters. The summed E-state index contributed by atoms with van der Waals surface area (Å²) in [5.74, 6) is 2.70. The first kappa shape index (κ1) is 16.9. The van der Waals surface area contributed by atoms with E-state index in [1.807, 2.05) is 13.0 Å². The Bertz CT molecular complexity index is 643. The highest BCUT2D eigenvalue weighted by Crippen LogP contribution is 2.30. The third-order valence-corrected chi connectivity index (χ3v) is 4.95. The van der Waals surface area contributed by atoms with Gasteiger partial charge in [0.25, 0.3) is 0 Å². The molecule has 0 bridgehead atoms. The Morgan fingerprint density at radius 3 is 2.50 bits per heavy atom. The van der Waals surface area contributed by atoms with Crippen LogP contribution in [0.1, 0.15) is 56.1 Å². The smallest absolute Gasteiger partial charge is 0.180 e. The third-order valence-electron chi connectivity index (χ3n) is 4.95. The second kappa shape index (κ2) is 7.77. The molecule has 3 rings (SSSR count). The second-order valence-electron chi connectivity index (χ2n) is 6.62. The Morgan fingerprint density at radius 1 is 1.08 bits per heavy atom. The minimum absolute atomic E-state index is 0.730. The molecule has 1 aliphatic carbocycles. The van der Waals surface area contributed by atoms with E-state index in [1.54, 1.807) is 14.2 Å². The minimum atomic E-state index is 0.730. The molecule has 1 aromatic rings. The summed E-state index contributed by atoms with van der Waals surface area (Å²) in [7, 11) is 3.46. The van der Waals surface area contributed by atoms with E-state index < -0.39 is 0 Å². The second-order valence-corrected chi connectivity index (χ2v) is 6.62. The Morgan fingerprint density at radius 2 is 1.83 bits per heavy atom. The van der Waals surface area contributed by atoms with Crippen molar-refractivity contribution in [3.8, 4) is 0 Å². The minimum Gasteiger partial charge on any atom is -0.501 e. The number of anilines is 1. The van der Waals surface area contributed by atoms with Crippen LogP contribution in [0, 0.1) is 0 Å². The molecule has 2 heterocycles. The summed E-state index contributed by atoms with van der Waals surface area (Å²) in [6, 6.07) is 0. The third kappa shape index (κ3) is 3.60. The van der Waals surface area contributed by atoms with Gasteiger partial charge in [0.2, 0.25) is 0 Å². The summed E-state index contributed by atoms with van der Waals surface area (Å²) in [6.07, 6.45) is 10.4. The molecule has 0 amide bonds. The molecule has 24 heavy (non-hydrogen) atoms. The van der Waals surface area contributed by atoms with Crippen molar-refractivity contribution in [2.24, 2.45) is 4.99 Å². The van der Waals surface area contributed by atoms with Gasteiger partial charge in [-0.05, 0) is 39.0 Å². The first-order valence-corrected chi connectivity index (χ1v) is 9.07. The van der Waals surface area contributed by atoms with Crippen molar-refractivity contribution in [1.82, 2.24) is 9.97 Å². The average Bonchev–Trinajstić information content (AvgIpc) is 2.91. The van der Waals surface area contributed by atoms with Gasteiger partial charge in [-0.25, -0.2) is 9.97 Å². The molecule has 5 nitrogen and oxygen atoms in total. The van der Waals surface area contributed by atoms with Crippen molar-refractivity contribution in [2.45, 2.75) is 51.9 Å². The molecule has 1 aliphatic heterocycles. The maximum atomic E-state index is 5.27. The summed E-state index contributed by atoms with van der Waals surface area (Å²) in [5.41, 5.74) is 3.37. The van der Waals surface area contributed by atoms with Crippen molar-refractivity contribution >= 4 is 11.5 Å². The summed E-state index contributed by atoms with van der Waals surface area (Å²) in [6.45, 7) is 4.14. The molecular weight excluding hydrogens is 300 g/mol. The highest BCUT2D eigenvalue weighted by Gasteiger charge is 2.24. The zero-order chi connectivity index (χ0) is 16.9. The van der Waals surface area contributed by atoms with Crippen LogP contribution >= 0.6 is 0 Å². The summed E-state index contributed by atoms with van der Waals surface area (Å²) < 4.78 is 5.27. The van der Waals surface area contributed by atoms with Crippen molar-refractivity contribution in [3.63, 3.8) is 0 Å². The lowest BCUT2D eigenvalue weighted by molar-refractivity contribution is 0.294. The Labute approximate surface area is 144 Å². The van der Waals surface area contributed by atoms with Gasteiger partial charge in [-0.3, -0.25) is 4.99 Å². The Kier molecular flexibility index (Phi) is 5.48. The normalized spacial score (nSPS) is 19.2. The van der Waals surface area contributed by atoms with Crippen molar-refractivity contribution in [3.05, 3.63) is 28.9 Å². The number of aliphatic imine (C=N–C) groups is 1. The van der Waals surface area contributed by atoms with Gasteiger partial charge in [0.05, 0.1) is 12.9 Å². The maximum Gasteiger partial charge on any atom is 0.180 e. The number of aromatic nitrogens is 2. The Balaban J connectivity index is 2.01. The van der Waals surface area contributed by atoms with Crippen LogP contribution in [0.4, 0.5) is 5.82 Å². The van der Waals surface area contributed by atoms with E-state index in [9.17, 15) is 0 Å². The fourth-order valence-corrected chi connectivity index (χ4v) is 3.55. The number of methoxy groups -OCH3 is 1. The summed E-state index contributed by atoms with van der Waals surface area (Å²) in [4.78, 5) is 16.6. The SMILES string of the molecule is CN=C(/C=C(\C)OC)c1nc2c(c(N3CCCCCC3)n1)CCC2. The quantitative estimate of drug-likeness (QED) is 0.628. The van der Waals surface area contributed by atoms with Crippen LogP contribution in [0.15, 0.2) is 16.8 Å². The fourth-order valence-electron chi connectivity index (χ4n) is 3.55. The number of rotatable bonds is 4. The molecule has 0 aromatic carbocycles. The van der Waals surface area contributed by atoms with Gasteiger partial charge < -0.3 is 9.64 Å². The van der Waals surface area contributed by atoms with Crippen LogP contribution in [-0.2, 0) is 17.6 Å². The molecule has 1 fully saturated rings. The Hall–Kier alpha value is -1.91. The first-order valence-electron chi connectivity index (χ1n) is 9.07. The van der Waals surface area contributed by atoms with Gasteiger partial charge in [0, 0.05) is 37.5 Å². The predicted molar refractivity (Wildman–Crippen MR) is 98.0 cm³/mol. The van der Waals surface area contributed by atoms with Gasteiger partial charge in [0.15, 0.2) is 5.82 Å². The van der Waals surface area contributed by atoms with Crippen LogP contribution in [0.5, 0.6) is 0 Å². The molecule has 5 heteroatoms. The number of ether oxygens (including phenoxy) is 1.